The van der Waals surface area contributed by atoms with Gasteiger partial charge in [-0.15, -0.1) is 0 Å². The van der Waals surface area contributed by atoms with Gasteiger partial charge in [0.15, 0.2) is 0 Å². The normalized spacial score (nSPS) is 25.3. The van der Waals surface area contributed by atoms with Crippen molar-refractivity contribution >= 4 is 18.5 Å². The zero-order valence-corrected chi connectivity index (χ0v) is 15.8. The van der Waals surface area contributed by atoms with Gasteiger partial charge in [0.25, 0.3) is 5.91 Å². The highest BCUT2D eigenvalue weighted by Crippen LogP contribution is 2.36. The van der Waals surface area contributed by atoms with Crippen LogP contribution in [0.5, 0.6) is 0 Å². The summed E-state index contributed by atoms with van der Waals surface area (Å²) >= 11 is 0. The number of nitrogens with zero attached hydrogens (tertiary/aromatic N) is 1. The molecule has 4 nitrogen and oxygen atoms in total. The second kappa shape index (κ2) is 6.40. The molecule has 2 aliphatic heterocycles. The van der Waals surface area contributed by atoms with Crippen molar-refractivity contribution in [3.8, 4) is 0 Å². The predicted molar refractivity (Wildman–Crippen MR) is 96.4 cm³/mol. The third-order valence-corrected chi connectivity index (χ3v) is 5.69. The van der Waals surface area contributed by atoms with Crippen molar-refractivity contribution in [2.24, 2.45) is 5.92 Å². The van der Waals surface area contributed by atoms with Crippen molar-refractivity contribution in [3.63, 3.8) is 0 Å². The first-order valence-corrected chi connectivity index (χ1v) is 9.05. The maximum atomic E-state index is 14.4. The van der Waals surface area contributed by atoms with E-state index in [1.165, 1.54) is 6.07 Å². The minimum atomic E-state index is -0.807. The quantitative estimate of drug-likeness (QED) is 0.772. The molecule has 0 spiro atoms. The molecule has 2 saturated heterocycles. The second-order valence-electron chi connectivity index (χ2n) is 8.32. The number of carbonyl (C=O) groups is 1. The van der Waals surface area contributed by atoms with Crippen LogP contribution in [0.3, 0.4) is 0 Å². The highest BCUT2D eigenvalue weighted by atomic mass is 19.1. The van der Waals surface area contributed by atoms with E-state index < -0.39 is 24.1 Å². The number of piperidine rings is 1. The molecule has 0 aromatic heterocycles. The second-order valence-corrected chi connectivity index (χ2v) is 8.32. The summed E-state index contributed by atoms with van der Waals surface area (Å²) in [6.45, 7) is 11.4. The third kappa shape index (κ3) is 3.47. The summed E-state index contributed by atoms with van der Waals surface area (Å²) in [5, 5.41) is 0. The lowest BCUT2D eigenvalue weighted by atomic mass is 9.77. The molecule has 2 heterocycles. The number of benzene rings is 1. The molecule has 3 rings (SSSR count). The summed E-state index contributed by atoms with van der Waals surface area (Å²) in [6, 6.07) is 4.46. The maximum Gasteiger partial charge on any atom is 0.497 e. The number of likely N-dealkylation sites (tertiary alicyclic amines) is 1. The van der Waals surface area contributed by atoms with Crippen molar-refractivity contribution < 1.29 is 18.5 Å². The monoisotopic (exact) mass is 347 g/mol. The summed E-state index contributed by atoms with van der Waals surface area (Å²) in [5.41, 5.74) is -0.325. The number of carbonyl (C=O) groups excluding carboxylic acids is 1. The Balaban J connectivity index is 1.85. The van der Waals surface area contributed by atoms with Crippen LogP contribution in [0.15, 0.2) is 18.2 Å². The minimum absolute atomic E-state index is 0.0516. The number of amides is 1. The first kappa shape index (κ1) is 18.4. The average molecular weight is 347 g/mol. The van der Waals surface area contributed by atoms with E-state index >= 15 is 0 Å². The fraction of sp³-hybridized carbons (Fsp3) is 0.632. The molecule has 0 bridgehead atoms. The van der Waals surface area contributed by atoms with Gasteiger partial charge in [0.2, 0.25) is 0 Å². The van der Waals surface area contributed by atoms with Crippen molar-refractivity contribution in [2.45, 2.75) is 58.7 Å². The first-order valence-electron chi connectivity index (χ1n) is 9.05. The van der Waals surface area contributed by atoms with Crippen LogP contribution in [0.4, 0.5) is 4.39 Å². The Kier molecular flexibility index (Phi) is 4.71. The molecule has 25 heavy (non-hydrogen) atoms. The molecule has 0 radical (unpaired) electrons. The predicted octanol–water partition coefficient (Wildman–Crippen LogP) is 3.00. The molecule has 136 valence electrons. The van der Waals surface area contributed by atoms with Crippen LogP contribution < -0.4 is 5.46 Å². The molecule has 1 unspecified atom stereocenters. The highest BCUT2D eigenvalue weighted by Gasteiger charge is 2.52. The Hall–Kier alpha value is -1.40. The van der Waals surface area contributed by atoms with Gasteiger partial charge in [0, 0.05) is 24.1 Å². The molecular formula is C19H27BFNO3. The number of hydrogen-bond acceptors (Lipinski definition) is 3. The minimum Gasteiger partial charge on any atom is -0.399 e. The van der Waals surface area contributed by atoms with Crippen LogP contribution in [-0.4, -0.2) is 42.2 Å². The maximum absolute atomic E-state index is 14.4. The average Bonchev–Trinajstić information content (AvgIpc) is 2.75. The Morgan fingerprint density at radius 1 is 1.24 bits per heavy atom. The lowest BCUT2D eigenvalue weighted by Gasteiger charge is -2.32. The van der Waals surface area contributed by atoms with E-state index in [0.29, 0.717) is 11.5 Å². The van der Waals surface area contributed by atoms with Gasteiger partial charge < -0.3 is 14.2 Å². The standard InChI is InChI=1S/C19H27BFNO3/c1-13-7-6-10-22(12-13)17(23)14-8-9-16(21)15(11-14)20-24-18(2,3)19(4,5)25-20/h8-9,11,13H,6-7,10,12H2,1-5H3. The molecule has 1 aromatic carbocycles. The van der Waals surface area contributed by atoms with E-state index in [2.05, 4.69) is 6.92 Å². The van der Waals surface area contributed by atoms with Crippen LogP contribution in [0.25, 0.3) is 0 Å². The van der Waals surface area contributed by atoms with Crippen molar-refractivity contribution in [3.05, 3.63) is 29.6 Å². The van der Waals surface area contributed by atoms with Gasteiger partial charge in [0.1, 0.15) is 5.82 Å². The van der Waals surface area contributed by atoms with Gasteiger partial charge in [-0.3, -0.25) is 4.79 Å². The van der Waals surface area contributed by atoms with Crippen LogP contribution >= 0.6 is 0 Å². The Morgan fingerprint density at radius 3 is 2.48 bits per heavy atom. The molecule has 2 fully saturated rings. The SMILES string of the molecule is CC1CCCN(C(=O)c2ccc(F)c(B3OC(C)(C)C(C)(C)O3)c2)C1. The van der Waals surface area contributed by atoms with Crippen molar-refractivity contribution in [2.75, 3.05) is 13.1 Å². The summed E-state index contributed by atoms with van der Waals surface area (Å²) in [7, 11) is -0.807. The molecule has 0 aliphatic carbocycles. The lowest BCUT2D eigenvalue weighted by molar-refractivity contribution is 0.00578. The van der Waals surface area contributed by atoms with Crippen molar-refractivity contribution in [1.82, 2.24) is 4.90 Å². The van der Waals surface area contributed by atoms with E-state index in [4.69, 9.17) is 9.31 Å². The largest absolute Gasteiger partial charge is 0.497 e. The Labute approximate surface area is 149 Å². The molecular weight excluding hydrogens is 320 g/mol. The topological polar surface area (TPSA) is 38.8 Å². The Bertz CT molecular complexity index is 661. The van der Waals surface area contributed by atoms with Crippen LogP contribution in [0.2, 0.25) is 0 Å². The number of hydrogen-bond donors (Lipinski definition) is 0. The van der Waals surface area contributed by atoms with Crippen LogP contribution in [-0.2, 0) is 9.31 Å². The van der Waals surface area contributed by atoms with E-state index in [-0.39, 0.29) is 11.4 Å². The molecule has 1 aromatic rings. The van der Waals surface area contributed by atoms with Crippen molar-refractivity contribution in [1.29, 1.82) is 0 Å². The smallest absolute Gasteiger partial charge is 0.399 e. The Morgan fingerprint density at radius 2 is 1.88 bits per heavy atom. The summed E-state index contributed by atoms with van der Waals surface area (Å²) in [4.78, 5) is 14.7. The molecule has 2 aliphatic rings. The molecule has 0 saturated carbocycles. The van der Waals surface area contributed by atoms with Gasteiger partial charge in [0.05, 0.1) is 11.2 Å². The lowest BCUT2D eigenvalue weighted by Crippen LogP contribution is -2.41. The van der Waals surface area contributed by atoms with Gasteiger partial charge in [-0.1, -0.05) is 6.92 Å². The molecule has 6 heteroatoms. The molecule has 0 N–H and O–H groups in total. The van der Waals surface area contributed by atoms with E-state index in [1.54, 1.807) is 12.1 Å². The number of rotatable bonds is 2. The van der Waals surface area contributed by atoms with Crippen LogP contribution in [0, 0.1) is 11.7 Å². The van der Waals surface area contributed by atoms with E-state index in [0.717, 1.165) is 25.9 Å². The van der Waals surface area contributed by atoms with Gasteiger partial charge >= 0.3 is 7.12 Å². The first-order chi connectivity index (χ1) is 11.6. The zero-order valence-electron chi connectivity index (χ0n) is 15.8. The van der Waals surface area contributed by atoms with E-state index in [1.807, 2.05) is 32.6 Å². The van der Waals surface area contributed by atoms with Gasteiger partial charge in [-0.05, 0) is 64.7 Å². The summed E-state index contributed by atoms with van der Waals surface area (Å²) in [6.07, 6.45) is 2.16. The zero-order chi connectivity index (χ0) is 18.4. The fourth-order valence-electron chi connectivity index (χ4n) is 3.38. The van der Waals surface area contributed by atoms with Crippen LogP contribution in [0.1, 0.15) is 57.8 Å². The van der Waals surface area contributed by atoms with E-state index in [9.17, 15) is 9.18 Å². The summed E-state index contributed by atoms with van der Waals surface area (Å²) in [5.74, 6) is 0.0343. The van der Waals surface area contributed by atoms with Gasteiger partial charge in [-0.2, -0.15) is 0 Å². The highest BCUT2D eigenvalue weighted by molar-refractivity contribution is 6.62. The fourth-order valence-corrected chi connectivity index (χ4v) is 3.38. The molecule has 1 atom stereocenters. The third-order valence-electron chi connectivity index (χ3n) is 5.69. The molecule has 1 amide bonds. The van der Waals surface area contributed by atoms with Gasteiger partial charge in [-0.25, -0.2) is 4.39 Å². The number of halogens is 1. The summed E-state index contributed by atoms with van der Waals surface area (Å²) < 4.78 is 26.3.